The number of nitrogens with one attached hydrogen (secondary N) is 1. The Morgan fingerprint density at radius 2 is 0.673 bits per heavy atom. The smallest absolute Gasteiger partial charge is 0.328 e. The number of hydrogen-bond acceptors (Lipinski definition) is 5. The maximum atomic E-state index is 13.8. The van der Waals surface area contributed by atoms with Crippen molar-refractivity contribution < 1.29 is 23.9 Å². The summed E-state index contributed by atoms with van der Waals surface area (Å²) < 4.78 is 12.3. The Kier molecular flexibility index (Phi) is 40.8. The van der Waals surface area contributed by atoms with Gasteiger partial charge in [-0.25, -0.2) is 4.79 Å². The van der Waals surface area contributed by atoms with E-state index < -0.39 is 6.04 Å². The molecule has 0 spiro atoms. The van der Waals surface area contributed by atoms with Gasteiger partial charge in [0.15, 0.2) is 0 Å². The van der Waals surface area contributed by atoms with E-state index in [1.54, 1.807) is 0 Å². The predicted octanol–water partition coefficient (Wildman–Crippen LogP) is 15.2. The second kappa shape index (κ2) is 42.0. The zero-order valence-corrected chi connectivity index (χ0v) is 37.6. The largest absolute Gasteiger partial charge is 0.462 e. The number of hydrogen-bond donors (Lipinski definition) is 1. The fraction of sp³-hybridized carbons (Fsp3) is 0.939. The minimum Gasteiger partial charge on any atom is -0.462 e. The van der Waals surface area contributed by atoms with Gasteiger partial charge in [-0.05, 0) is 64.2 Å². The first kappa shape index (κ1) is 53.4. The van der Waals surface area contributed by atoms with Crippen molar-refractivity contribution in [2.24, 2.45) is 0 Å². The van der Waals surface area contributed by atoms with Crippen molar-refractivity contribution in [2.45, 2.75) is 297 Å². The van der Waals surface area contributed by atoms with Gasteiger partial charge in [-0.3, -0.25) is 9.59 Å². The van der Waals surface area contributed by atoms with Crippen molar-refractivity contribution >= 4 is 17.8 Å². The standard InChI is InChI=1S/C49H95NO5/c1-6-11-16-21-24-25-28-31-36-41-47(51)50-46(49(53)55-45(39-33-20-15-10-5)40-35-30-27-23-18-13-8-3)42-43-48(52)54-44(37-32-19-14-9-4)38-34-29-26-22-17-12-7-2/h44-46H,6-43H2,1-5H3,(H,50,51)/t44?,45?,46-/m0/s1. The van der Waals surface area contributed by atoms with E-state index in [-0.39, 0.29) is 42.9 Å². The van der Waals surface area contributed by atoms with Crippen molar-refractivity contribution in [1.29, 1.82) is 0 Å². The SMILES string of the molecule is CCCCCCCCCCCC(=O)N[C@@H](CCC(=O)OC(CCCCCC)CCCCCCCCC)C(=O)OC(CCCCCC)CCCCCCCCC. The number of ether oxygens (including phenoxy) is 2. The van der Waals surface area contributed by atoms with E-state index in [2.05, 4.69) is 39.9 Å². The average Bonchev–Trinajstić information content (AvgIpc) is 3.18. The molecule has 0 rings (SSSR count). The Morgan fingerprint density at radius 1 is 0.364 bits per heavy atom. The van der Waals surface area contributed by atoms with Crippen molar-refractivity contribution in [1.82, 2.24) is 5.32 Å². The summed E-state index contributed by atoms with van der Waals surface area (Å²) in [6.45, 7) is 11.2. The first-order valence-electron chi connectivity index (χ1n) is 24.6. The van der Waals surface area contributed by atoms with Gasteiger partial charge < -0.3 is 14.8 Å². The predicted molar refractivity (Wildman–Crippen MR) is 236 cm³/mol. The molecule has 0 bridgehead atoms. The van der Waals surface area contributed by atoms with E-state index in [0.29, 0.717) is 6.42 Å². The first-order chi connectivity index (χ1) is 26.9. The molecule has 1 N–H and O–H groups in total. The van der Waals surface area contributed by atoms with Crippen LogP contribution in [-0.4, -0.2) is 36.1 Å². The summed E-state index contributed by atoms with van der Waals surface area (Å²) in [5.41, 5.74) is 0. The summed E-state index contributed by atoms with van der Waals surface area (Å²) in [6.07, 6.45) is 41.2. The lowest BCUT2D eigenvalue weighted by Gasteiger charge is -2.23. The highest BCUT2D eigenvalue weighted by Crippen LogP contribution is 2.20. The first-order valence-corrected chi connectivity index (χ1v) is 24.6. The van der Waals surface area contributed by atoms with Gasteiger partial charge in [-0.1, -0.05) is 202 Å². The van der Waals surface area contributed by atoms with E-state index in [1.807, 2.05) is 0 Å². The van der Waals surface area contributed by atoms with E-state index in [0.717, 1.165) is 83.5 Å². The molecule has 6 heteroatoms. The van der Waals surface area contributed by atoms with E-state index in [1.165, 1.54) is 141 Å². The maximum absolute atomic E-state index is 13.8. The molecule has 0 aromatic carbocycles. The topological polar surface area (TPSA) is 81.7 Å². The molecule has 0 aliphatic heterocycles. The van der Waals surface area contributed by atoms with Gasteiger partial charge >= 0.3 is 11.9 Å². The normalized spacial score (nSPS) is 13.0. The average molecular weight is 778 g/mol. The van der Waals surface area contributed by atoms with Crippen LogP contribution in [0.3, 0.4) is 0 Å². The minimum atomic E-state index is -0.822. The molecule has 0 heterocycles. The van der Waals surface area contributed by atoms with Gasteiger partial charge in [-0.2, -0.15) is 0 Å². The molecular formula is C49H95NO5. The minimum absolute atomic E-state index is 0.0684. The molecule has 3 atom stereocenters. The molecule has 1 amide bonds. The zero-order valence-electron chi connectivity index (χ0n) is 37.6. The molecule has 0 radical (unpaired) electrons. The number of carbonyl (C=O) groups excluding carboxylic acids is 3. The number of rotatable bonds is 43. The van der Waals surface area contributed by atoms with Crippen LogP contribution in [0, 0.1) is 0 Å². The molecule has 0 saturated carbocycles. The third-order valence-electron chi connectivity index (χ3n) is 11.4. The summed E-state index contributed by atoms with van der Waals surface area (Å²) in [4.78, 5) is 40.4. The molecule has 0 aliphatic rings. The zero-order chi connectivity index (χ0) is 40.5. The third kappa shape index (κ3) is 36.5. The van der Waals surface area contributed by atoms with Crippen molar-refractivity contribution in [2.75, 3.05) is 0 Å². The highest BCUT2D eigenvalue weighted by atomic mass is 16.5. The van der Waals surface area contributed by atoms with Gasteiger partial charge in [-0.15, -0.1) is 0 Å². The second-order valence-electron chi connectivity index (χ2n) is 16.9. The summed E-state index contributed by atoms with van der Waals surface area (Å²) in [7, 11) is 0. The molecule has 0 saturated heterocycles. The van der Waals surface area contributed by atoms with Crippen molar-refractivity contribution in [3.63, 3.8) is 0 Å². The highest BCUT2D eigenvalue weighted by molar-refractivity contribution is 5.85. The van der Waals surface area contributed by atoms with Crippen LogP contribution in [0.25, 0.3) is 0 Å². The van der Waals surface area contributed by atoms with Crippen molar-refractivity contribution in [3.8, 4) is 0 Å². The quantitative estimate of drug-likeness (QED) is 0.0492. The van der Waals surface area contributed by atoms with Crippen LogP contribution < -0.4 is 5.32 Å². The van der Waals surface area contributed by atoms with Crippen LogP contribution in [-0.2, 0) is 23.9 Å². The molecule has 6 nitrogen and oxygen atoms in total. The van der Waals surface area contributed by atoms with Gasteiger partial charge in [0.25, 0.3) is 0 Å². The fourth-order valence-corrected chi connectivity index (χ4v) is 7.65. The summed E-state index contributed by atoms with van der Waals surface area (Å²) >= 11 is 0. The Bertz CT molecular complexity index is 847. The molecule has 0 aromatic heterocycles. The molecule has 0 fully saturated rings. The molecule has 2 unspecified atom stereocenters. The van der Waals surface area contributed by atoms with Crippen LogP contribution in [0.5, 0.6) is 0 Å². The Balaban J connectivity index is 5.40. The molecular weight excluding hydrogens is 683 g/mol. The lowest BCUT2D eigenvalue weighted by Crippen LogP contribution is -2.43. The van der Waals surface area contributed by atoms with Crippen LogP contribution in [0.2, 0.25) is 0 Å². The number of esters is 2. The Hall–Kier alpha value is -1.59. The second-order valence-corrected chi connectivity index (χ2v) is 16.9. The lowest BCUT2D eigenvalue weighted by atomic mass is 10.0. The maximum Gasteiger partial charge on any atom is 0.328 e. The number of amides is 1. The summed E-state index contributed by atoms with van der Waals surface area (Å²) in [5.74, 6) is -0.748. The van der Waals surface area contributed by atoms with Gasteiger partial charge in [0.1, 0.15) is 18.2 Å². The van der Waals surface area contributed by atoms with E-state index >= 15 is 0 Å². The number of unbranched alkanes of at least 4 members (excludes halogenated alkanes) is 26. The molecule has 0 aromatic rings. The molecule has 326 valence electrons. The van der Waals surface area contributed by atoms with Gasteiger partial charge in [0, 0.05) is 12.8 Å². The summed E-state index contributed by atoms with van der Waals surface area (Å²) in [6, 6.07) is -0.822. The van der Waals surface area contributed by atoms with Crippen LogP contribution >= 0.6 is 0 Å². The number of carbonyl (C=O) groups is 3. The molecule has 0 aliphatic carbocycles. The summed E-state index contributed by atoms with van der Waals surface area (Å²) in [5, 5.41) is 3.02. The van der Waals surface area contributed by atoms with Gasteiger partial charge in [0.2, 0.25) is 5.91 Å². The van der Waals surface area contributed by atoms with Crippen LogP contribution in [0.4, 0.5) is 0 Å². The Morgan fingerprint density at radius 3 is 1.05 bits per heavy atom. The van der Waals surface area contributed by atoms with E-state index in [4.69, 9.17) is 9.47 Å². The van der Waals surface area contributed by atoms with Gasteiger partial charge in [0.05, 0.1) is 0 Å². The molecule has 55 heavy (non-hydrogen) atoms. The fourth-order valence-electron chi connectivity index (χ4n) is 7.65. The highest BCUT2D eigenvalue weighted by Gasteiger charge is 2.27. The van der Waals surface area contributed by atoms with Crippen LogP contribution in [0.15, 0.2) is 0 Å². The monoisotopic (exact) mass is 778 g/mol. The Labute approximate surface area is 343 Å². The van der Waals surface area contributed by atoms with E-state index in [9.17, 15) is 14.4 Å². The van der Waals surface area contributed by atoms with Crippen LogP contribution in [0.1, 0.15) is 279 Å². The van der Waals surface area contributed by atoms with Crippen molar-refractivity contribution in [3.05, 3.63) is 0 Å². The third-order valence-corrected chi connectivity index (χ3v) is 11.4. The lowest BCUT2D eigenvalue weighted by molar-refractivity contribution is -0.155.